The Morgan fingerprint density at radius 1 is 1.50 bits per heavy atom. The van der Waals surface area contributed by atoms with E-state index in [0.29, 0.717) is 13.0 Å². The molecular formula is C11H15BrN2O2. The highest BCUT2D eigenvalue weighted by Crippen LogP contribution is 2.12. The van der Waals surface area contributed by atoms with Crippen LogP contribution in [0.2, 0.25) is 0 Å². The first-order valence-corrected chi connectivity index (χ1v) is 5.80. The molecule has 1 aromatic carbocycles. The van der Waals surface area contributed by atoms with E-state index in [9.17, 15) is 0 Å². The fourth-order valence-electron chi connectivity index (χ4n) is 1.25. The highest BCUT2D eigenvalue weighted by Gasteiger charge is 2.11. The zero-order valence-corrected chi connectivity index (χ0v) is 10.6. The summed E-state index contributed by atoms with van der Waals surface area (Å²) < 4.78 is 6.57. The average Bonchev–Trinajstić information content (AvgIpc) is 2.31. The minimum atomic E-state index is -0.339. The predicted octanol–water partition coefficient (Wildman–Crippen LogP) is 2.49. The summed E-state index contributed by atoms with van der Waals surface area (Å²) in [5, 5.41) is 11.5. The molecule has 0 aliphatic heterocycles. The standard InChI is InChI=1S/C11H15BrN2O2/c1-2-10(11(13)14-15)16-7-8-3-5-9(12)6-4-8/h3-6,10,15H,2,7H2,1H3,(H2,13,14). The van der Waals surface area contributed by atoms with Gasteiger partial charge in [-0.3, -0.25) is 0 Å². The van der Waals surface area contributed by atoms with Crippen LogP contribution in [0.15, 0.2) is 33.9 Å². The third kappa shape index (κ3) is 3.83. The van der Waals surface area contributed by atoms with E-state index >= 15 is 0 Å². The molecule has 1 rings (SSSR count). The highest BCUT2D eigenvalue weighted by atomic mass is 79.9. The summed E-state index contributed by atoms with van der Waals surface area (Å²) in [4.78, 5) is 0. The molecule has 4 nitrogen and oxygen atoms in total. The minimum absolute atomic E-state index is 0.111. The summed E-state index contributed by atoms with van der Waals surface area (Å²) in [6, 6.07) is 7.82. The molecule has 0 amide bonds. The van der Waals surface area contributed by atoms with Crippen molar-refractivity contribution in [1.29, 1.82) is 0 Å². The number of hydrogen-bond donors (Lipinski definition) is 2. The highest BCUT2D eigenvalue weighted by molar-refractivity contribution is 9.10. The maximum absolute atomic E-state index is 8.55. The molecular weight excluding hydrogens is 272 g/mol. The van der Waals surface area contributed by atoms with E-state index in [1.807, 2.05) is 31.2 Å². The number of ether oxygens (including phenoxy) is 1. The van der Waals surface area contributed by atoms with Gasteiger partial charge in [0, 0.05) is 4.47 Å². The van der Waals surface area contributed by atoms with Gasteiger partial charge in [-0.25, -0.2) is 0 Å². The van der Waals surface area contributed by atoms with Crippen molar-refractivity contribution in [2.75, 3.05) is 0 Å². The lowest BCUT2D eigenvalue weighted by Crippen LogP contribution is -2.30. The Hall–Kier alpha value is -1.07. The number of benzene rings is 1. The molecule has 0 aliphatic carbocycles. The zero-order chi connectivity index (χ0) is 12.0. The molecule has 88 valence electrons. The van der Waals surface area contributed by atoms with Crippen LogP contribution in [0.5, 0.6) is 0 Å². The molecule has 0 saturated carbocycles. The Kier molecular flexibility index (Phi) is 5.28. The molecule has 0 aliphatic rings. The van der Waals surface area contributed by atoms with E-state index in [0.717, 1.165) is 10.0 Å². The SMILES string of the molecule is CCC(OCc1ccc(Br)cc1)/C(N)=N/O. The fourth-order valence-corrected chi connectivity index (χ4v) is 1.52. The second-order valence-corrected chi connectivity index (χ2v) is 4.27. The smallest absolute Gasteiger partial charge is 0.168 e. The molecule has 1 atom stereocenters. The van der Waals surface area contributed by atoms with Crippen molar-refractivity contribution in [3.05, 3.63) is 34.3 Å². The lowest BCUT2D eigenvalue weighted by molar-refractivity contribution is 0.0788. The van der Waals surface area contributed by atoms with Crippen LogP contribution in [-0.4, -0.2) is 17.1 Å². The molecule has 0 fully saturated rings. The molecule has 1 aromatic rings. The van der Waals surface area contributed by atoms with Gasteiger partial charge in [0.2, 0.25) is 0 Å². The van der Waals surface area contributed by atoms with Gasteiger partial charge in [-0.2, -0.15) is 0 Å². The number of rotatable bonds is 5. The van der Waals surface area contributed by atoms with E-state index in [1.54, 1.807) is 0 Å². The first-order chi connectivity index (χ1) is 7.67. The topological polar surface area (TPSA) is 67.8 Å². The van der Waals surface area contributed by atoms with Crippen molar-refractivity contribution in [3.8, 4) is 0 Å². The van der Waals surface area contributed by atoms with Gasteiger partial charge >= 0.3 is 0 Å². The van der Waals surface area contributed by atoms with Crippen LogP contribution in [0.4, 0.5) is 0 Å². The van der Waals surface area contributed by atoms with Crippen molar-refractivity contribution in [1.82, 2.24) is 0 Å². The second-order valence-electron chi connectivity index (χ2n) is 3.36. The van der Waals surface area contributed by atoms with E-state index in [1.165, 1.54) is 0 Å². The number of oxime groups is 1. The predicted molar refractivity (Wildman–Crippen MR) is 66.4 cm³/mol. The molecule has 0 radical (unpaired) electrons. The Balaban J connectivity index is 2.53. The third-order valence-electron chi connectivity index (χ3n) is 2.18. The zero-order valence-electron chi connectivity index (χ0n) is 9.06. The Morgan fingerprint density at radius 3 is 2.62 bits per heavy atom. The van der Waals surface area contributed by atoms with Crippen molar-refractivity contribution in [2.45, 2.75) is 26.1 Å². The Bertz CT molecular complexity index is 352. The lowest BCUT2D eigenvalue weighted by Gasteiger charge is -2.14. The molecule has 0 heterocycles. The summed E-state index contributed by atoms with van der Waals surface area (Å²) in [6.45, 7) is 2.37. The van der Waals surface area contributed by atoms with Gasteiger partial charge in [-0.15, -0.1) is 0 Å². The average molecular weight is 287 g/mol. The summed E-state index contributed by atoms with van der Waals surface area (Å²) in [5.41, 5.74) is 6.53. The molecule has 1 unspecified atom stereocenters. The van der Waals surface area contributed by atoms with Gasteiger partial charge < -0.3 is 15.7 Å². The van der Waals surface area contributed by atoms with Gasteiger partial charge in [0.05, 0.1) is 6.61 Å². The Labute approximate surface area is 103 Å². The van der Waals surface area contributed by atoms with Crippen LogP contribution in [0, 0.1) is 0 Å². The molecule has 0 saturated heterocycles. The van der Waals surface area contributed by atoms with Gasteiger partial charge in [-0.1, -0.05) is 40.1 Å². The van der Waals surface area contributed by atoms with Crippen LogP contribution in [0.3, 0.4) is 0 Å². The summed E-state index contributed by atoms with van der Waals surface area (Å²) in [7, 11) is 0. The number of amidine groups is 1. The monoisotopic (exact) mass is 286 g/mol. The van der Waals surface area contributed by atoms with Crippen molar-refractivity contribution >= 4 is 21.8 Å². The van der Waals surface area contributed by atoms with Crippen LogP contribution >= 0.6 is 15.9 Å². The normalized spacial score (nSPS) is 13.8. The number of nitrogens with zero attached hydrogens (tertiary/aromatic N) is 1. The van der Waals surface area contributed by atoms with Crippen LogP contribution in [0.25, 0.3) is 0 Å². The van der Waals surface area contributed by atoms with Gasteiger partial charge in [-0.05, 0) is 24.1 Å². The number of hydrogen-bond acceptors (Lipinski definition) is 3. The first kappa shape index (κ1) is 13.0. The fraction of sp³-hybridized carbons (Fsp3) is 0.364. The molecule has 5 heteroatoms. The molecule has 16 heavy (non-hydrogen) atoms. The Morgan fingerprint density at radius 2 is 2.12 bits per heavy atom. The van der Waals surface area contributed by atoms with Gasteiger partial charge in [0.15, 0.2) is 5.84 Å². The van der Waals surface area contributed by atoms with Crippen molar-refractivity contribution in [3.63, 3.8) is 0 Å². The largest absolute Gasteiger partial charge is 0.409 e. The van der Waals surface area contributed by atoms with E-state index < -0.39 is 0 Å². The van der Waals surface area contributed by atoms with E-state index in [-0.39, 0.29) is 11.9 Å². The molecule has 3 N–H and O–H groups in total. The van der Waals surface area contributed by atoms with Crippen LogP contribution < -0.4 is 5.73 Å². The van der Waals surface area contributed by atoms with Crippen molar-refractivity contribution in [2.24, 2.45) is 10.9 Å². The van der Waals surface area contributed by atoms with Crippen molar-refractivity contribution < 1.29 is 9.94 Å². The third-order valence-corrected chi connectivity index (χ3v) is 2.71. The second kappa shape index (κ2) is 6.50. The van der Waals surface area contributed by atoms with Gasteiger partial charge in [0.1, 0.15) is 6.10 Å². The lowest BCUT2D eigenvalue weighted by atomic mass is 10.2. The maximum atomic E-state index is 8.55. The summed E-state index contributed by atoms with van der Waals surface area (Å²) in [5.74, 6) is 0.111. The van der Waals surface area contributed by atoms with Gasteiger partial charge in [0.25, 0.3) is 0 Å². The first-order valence-electron chi connectivity index (χ1n) is 5.00. The molecule has 0 bridgehead atoms. The quantitative estimate of drug-likeness (QED) is 0.378. The van der Waals surface area contributed by atoms with E-state index in [4.69, 9.17) is 15.7 Å². The van der Waals surface area contributed by atoms with E-state index in [2.05, 4.69) is 21.1 Å². The number of nitrogens with two attached hydrogens (primary N) is 1. The molecule has 0 aromatic heterocycles. The summed E-state index contributed by atoms with van der Waals surface area (Å²) >= 11 is 3.36. The number of halogens is 1. The van der Waals surface area contributed by atoms with Crippen LogP contribution in [0.1, 0.15) is 18.9 Å². The van der Waals surface area contributed by atoms with Crippen LogP contribution in [-0.2, 0) is 11.3 Å². The minimum Gasteiger partial charge on any atom is -0.409 e. The molecule has 0 spiro atoms. The maximum Gasteiger partial charge on any atom is 0.168 e. The summed E-state index contributed by atoms with van der Waals surface area (Å²) in [6.07, 6.45) is 0.334.